The summed E-state index contributed by atoms with van der Waals surface area (Å²) < 4.78 is 11.2. The number of benzene rings is 1. The molecule has 0 bridgehead atoms. The van der Waals surface area contributed by atoms with Crippen LogP contribution < -0.4 is 10.5 Å². The Morgan fingerprint density at radius 1 is 1.44 bits per heavy atom. The van der Waals surface area contributed by atoms with Gasteiger partial charge in [0.25, 0.3) is 0 Å². The van der Waals surface area contributed by atoms with Crippen molar-refractivity contribution in [3.05, 3.63) is 28.2 Å². The van der Waals surface area contributed by atoms with E-state index in [1.807, 2.05) is 19.1 Å². The van der Waals surface area contributed by atoms with Crippen LogP contribution >= 0.6 is 15.9 Å². The molecule has 0 unspecified atom stereocenters. The van der Waals surface area contributed by atoms with Gasteiger partial charge in [-0.1, -0.05) is 11.2 Å². The van der Waals surface area contributed by atoms with Gasteiger partial charge in [0.15, 0.2) is 11.6 Å². The zero-order valence-electron chi connectivity index (χ0n) is 8.95. The Kier molecular flexibility index (Phi) is 2.87. The molecule has 0 radical (unpaired) electrons. The molecule has 0 saturated heterocycles. The zero-order valence-corrected chi connectivity index (χ0v) is 10.5. The van der Waals surface area contributed by atoms with E-state index < -0.39 is 0 Å². The Morgan fingerprint density at radius 3 is 2.75 bits per heavy atom. The number of ether oxygens (including phenoxy) is 1. The standard InChI is InChI=1S/C11H11BrN2O2/c1-6-3-4-7(15-2)11(12)10(6)8-5-9(13)14-16-8/h3-5H,1-2H3,(H2,13,14). The minimum absolute atomic E-state index is 0.365. The van der Waals surface area contributed by atoms with Crippen LogP contribution in [0.25, 0.3) is 11.3 Å². The fraction of sp³-hybridized carbons (Fsp3) is 0.182. The summed E-state index contributed by atoms with van der Waals surface area (Å²) in [5.74, 6) is 1.74. The summed E-state index contributed by atoms with van der Waals surface area (Å²) in [6, 6.07) is 5.53. The van der Waals surface area contributed by atoms with Crippen molar-refractivity contribution >= 4 is 21.7 Å². The summed E-state index contributed by atoms with van der Waals surface area (Å²) in [6.45, 7) is 1.98. The van der Waals surface area contributed by atoms with Crippen LogP contribution in [0.15, 0.2) is 27.2 Å². The average molecular weight is 283 g/mol. The number of hydrogen-bond donors (Lipinski definition) is 1. The van der Waals surface area contributed by atoms with Gasteiger partial charge in [-0.2, -0.15) is 0 Å². The van der Waals surface area contributed by atoms with Gasteiger partial charge in [-0.05, 0) is 34.5 Å². The molecule has 0 aliphatic carbocycles. The first-order chi connectivity index (χ1) is 7.63. The molecule has 84 valence electrons. The highest BCUT2D eigenvalue weighted by Gasteiger charge is 2.15. The molecule has 0 atom stereocenters. The van der Waals surface area contributed by atoms with E-state index >= 15 is 0 Å². The summed E-state index contributed by atoms with van der Waals surface area (Å²) >= 11 is 3.48. The Hall–Kier alpha value is -1.49. The third-order valence-corrected chi connectivity index (χ3v) is 3.10. The second kappa shape index (κ2) is 4.17. The fourth-order valence-corrected chi connectivity index (χ4v) is 2.32. The van der Waals surface area contributed by atoms with Crippen molar-refractivity contribution in [2.45, 2.75) is 6.92 Å². The molecule has 1 aromatic carbocycles. The maximum atomic E-state index is 5.54. The van der Waals surface area contributed by atoms with E-state index in [2.05, 4.69) is 21.1 Å². The van der Waals surface area contributed by atoms with Crippen LogP contribution in [0.4, 0.5) is 5.82 Å². The number of aromatic nitrogens is 1. The fourth-order valence-electron chi connectivity index (χ4n) is 1.52. The van der Waals surface area contributed by atoms with Crippen molar-refractivity contribution in [1.29, 1.82) is 0 Å². The summed E-state index contributed by atoms with van der Waals surface area (Å²) in [7, 11) is 1.62. The predicted octanol–water partition coefficient (Wildman–Crippen LogP) is 3.00. The number of hydrogen-bond acceptors (Lipinski definition) is 4. The van der Waals surface area contributed by atoms with Gasteiger partial charge in [-0.15, -0.1) is 0 Å². The number of aryl methyl sites for hydroxylation is 1. The zero-order chi connectivity index (χ0) is 11.7. The summed E-state index contributed by atoms with van der Waals surface area (Å²) in [5.41, 5.74) is 7.50. The quantitative estimate of drug-likeness (QED) is 0.920. The van der Waals surface area contributed by atoms with E-state index in [9.17, 15) is 0 Å². The van der Waals surface area contributed by atoms with Crippen molar-refractivity contribution in [2.24, 2.45) is 0 Å². The summed E-state index contributed by atoms with van der Waals surface area (Å²) in [5, 5.41) is 3.67. The van der Waals surface area contributed by atoms with Crippen molar-refractivity contribution in [3.63, 3.8) is 0 Å². The smallest absolute Gasteiger partial charge is 0.170 e. The molecule has 4 nitrogen and oxygen atoms in total. The molecular formula is C11H11BrN2O2. The SMILES string of the molecule is COc1ccc(C)c(-c2cc(N)no2)c1Br. The lowest BCUT2D eigenvalue weighted by Crippen LogP contribution is -1.89. The van der Waals surface area contributed by atoms with Gasteiger partial charge in [0.05, 0.1) is 11.6 Å². The first kappa shape index (κ1) is 11.0. The molecule has 0 amide bonds. The average Bonchev–Trinajstić information content (AvgIpc) is 2.65. The highest BCUT2D eigenvalue weighted by atomic mass is 79.9. The predicted molar refractivity (Wildman–Crippen MR) is 65.3 cm³/mol. The Bertz CT molecular complexity index is 523. The molecule has 0 saturated carbocycles. The summed E-state index contributed by atoms with van der Waals surface area (Å²) in [6.07, 6.45) is 0. The topological polar surface area (TPSA) is 61.3 Å². The number of methoxy groups -OCH3 is 1. The van der Waals surface area contributed by atoms with Gasteiger partial charge >= 0.3 is 0 Å². The Labute approximate surface area is 102 Å². The van der Waals surface area contributed by atoms with Gasteiger partial charge in [0.2, 0.25) is 0 Å². The first-order valence-corrected chi connectivity index (χ1v) is 5.48. The van der Waals surface area contributed by atoms with E-state index in [0.717, 1.165) is 21.3 Å². The molecule has 2 rings (SSSR count). The van der Waals surface area contributed by atoms with Crippen LogP contribution in [0.3, 0.4) is 0 Å². The molecule has 0 fully saturated rings. The molecule has 0 spiro atoms. The highest BCUT2D eigenvalue weighted by Crippen LogP contribution is 2.38. The molecule has 16 heavy (non-hydrogen) atoms. The van der Waals surface area contributed by atoms with E-state index in [0.29, 0.717) is 11.6 Å². The van der Waals surface area contributed by atoms with Crippen LogP contribution in [0.2, 0.25) is 0 Å². The monoisotopic (exact) mass is 282 g/mol. The third kappa shape index (κ3) is 1.78. The number of nitrogen functional groups attached to an aromatic ring is 1. The van der Waals surface area contributed by atoms with Gasteiger partial charge in [-0.25, -0.2) is 0 Å². The van der Waals surface area contributed by atoms with Crippen molar-refractivity contribution in [1.82, 2.24) is 5.16 Å². The minimum Gasteiger partial charge on any atom is -0.496 e. The van der Waals surface area contributed by atoms with E-state index in [4.69, 9.17) is 15.0 Å². The Balaban J connectivity index is 2.63. The lowest BCUT2D eigenvalue weighted by atomic mass is 10.1. The number of halogens is 1. The number of rotatable bonds is 2. The molecule has 0 aliphatic heterocycles. The lowest BCUT2D eigenvalue weighted by Gasteiger charge is -2.09. The number of nitrogens with two attached hydrogens (primary N) is 1. The maximum Gasteiger partial charge on any atom is 0.170 e. The normalized spacial score (nSPS) is 10.4. The number of anilines is 1. The molecule has 2 N–H and O–H groups in total. The first-order valence-electron chi connectivity index (χ1n) is 4.69. The maximum absolute atomic E-state index is 5.54. The largest absolute Gasteiger partial charge is 0.496 e. The Morgan fingerprint density at radius 2 is 2.19 bits per heavy atom. The second-order valence-electron chi connectivity index (χ2n) is 3.39. The van der Waals surface area contributed by atoms with Crippen LogP contribution in [-0.4, -0.2) is 12.3 Å². The molecule has 5 heteroatoms. The van der Waals surface area contributed by atoms with Gasteiger partial charge in [0, 0.05) is 11.6 Å². The number of nitrogens with zero attached hydrogens (tertiary/aromatic N) is 1. The lowest BCUT2D eigenvalue weighted by molar-refractivity contribution is 0.410. The van der Waals surface area contributed by atoms with E-state index in [1.54, 1.807) is 13.2 Å². The molecule has 1 heterocycles. The molecule has 1 aromatic heterocycles. The van der Waals surface area contributed by atoms with Gasteiger partial charge in [-0.3, -0.25) is 0 Å². The highest BCUT2D eigenvalue weighted by molar-refractivity contribution is 9.10. The molecule has 2 aromatic rings. The minimum atomic E-state index is 0.365. The van der Waals surface area contributed by atoms with Gasteiger partial charge < -0.3 is 15.0 Å². The van der Waals surface area contributed by atoms with Crippen LogP contribution in [0.5, 0.6) is 5.75 Å². The van der Waals surface area contributed by atoms with Crippen LogP contribution in [0, 0.1) is 6.92 Å². The van der Waals surface area contributed by atoms with Crippen LogP contribution in [-0.2, 0) is 0 Å². The van der Waals surface area contributed by atoms with Crippen LogP contribution in [0.1, 0.15) is 5.56 Å². The van der Waals surface area contributed by atoms with Crippen molar-refractivity contribution < 1.29 is 9.26 Å². The summed E-state index contributed by atoms with van der Waals surface area (Å²) in [4.78, 5) is 0. The van der Waals surface area contributed by atoms with Gasteiger partial charge in [0.1, 0.15) is 5.75 Å². The third-order valence-electron chi connectivity index (χ3n) is 2.31. The molecular weight excluding hydrogens is 272 g/mol. The van der Waals surface area contributed by atoms with E-state index in [1.165, 1.54) is 0 Å². The molecule has 0 aliphatic rings. The second-order valence-corrected chi connectivity index (χ2v) is 4.18. The van der Waals surface area contributed by atoms with Crippen molar-refractivity contribution in [2.75, 3.05) is 12.8 Å². The van der Waals surface area contributed by atoms with Crippen molar-refractivity contribution in [3.8, 4) is 17.1 Å². The van der Waals surface area contributed by atoms with E-state index in [-0.39, 0.29) is 0 Å².